The quantitative estimate of drug-likeness (QED) is 0.179. The van der Waals surface area contributed by atoms with Crippen LogP contribution in [0.3, 0.4) is 0 Å². The number of hydrogen-bond acceptors (Lipinski definition) is 8. The first-order valence-electron chi connectivity index (χ1n) is 6.90. The second kappa shape index (κ2) is 8.30. The highest BCUT2D eigenvalue weighted by Crippen LogP contribution is 2.53. The molecule has 130 valence electrons. The van der Waals surface area contributed by atoms with Crippen LogP contribution < -0.4 is 0 Å². The summed E-state index contributed by atoms with van der Waals surface area (Å²) in [6.07, 6.45) is -0.786. The summed E-state index contributed by atoms with van der Waals surface area (Å²) in [6.45, 7) is 7.93. The molecule has 0 aliphatic carbocycles. The van der Waals surface area contributed by atoms with E-state index in [9.17, 15) is 14.4 Å². The second-order valence-electron chi connectivity index (χ2n) is 5.21. The van der Waals surface area contributed by atoms with Gasteiger partial charge in [0, 0.05) is 6.92 Å². The molecule has 0 amide bonds. The van der Waals surface area contributed by atoms with E-state index in [2.05, 4.69) is 0 Å². The Labute approximate surface area is 148 Å². The van der Waals surface area contributed by atoms with Gasteiger partial charge < -0.3 is 14.2 Å². The number of thioether (sulfide) groups is 2. The first-order chi connectivity index (χ1) is 10.5. The summed E-state index contributed by atoms with van der Waals surface area (Å²) >= 11 is 8.25. The molecule has 0 radical (unpaired) electrons. The van der Waals surface area contributed by atoms with E-state index in [0.717, 1.165) is 23.5 Å². The normalized spacial score (nSPS) is 20.6. The number of ether oxygens (including phenoxy) is 3. The van der Waals surface area contributed by atoms with E-state index >= 15 is 0 Å². The topological polar surface area (TPSA) is 78.9 Å². The smallest absolute Gasteiger partial charge is 0.347 e. The fourth-order valence-electron chi connectivity index (χ4n) is 1.53. The Morgan fingerprint density at radius 1 is 1.09 bits per heavy atom. The van der Waals surface area contributed by atoms with E-state index in [-0.39, 0.29) is 11.3 Å². The lowest BCUT2D eigenvalue weighted by Gasteiger charge is -2.18. The molecule has 1 unspecified atom stereocenters. The van der Waals surface area contributed by atoms with Crippen LogP contribution in [0.4, 0.5) is 0 Å². The van der Waals surface area contributed by atoms with Crippen LogP contribution in [0.25, 0.3) is 0 Å². The van der Waals surface area contributed by atoms with Crippen LogP contribution in [0, 0.1) is 0 Å². The molecule has 1 rings (SSSR count). The van der Waals surface area contributed by atoms with Crippen LogP contribution in [0.5, 0.6) is 0 Å². The first kappa shape index (κ1) is 20.2. The average molecular weight is 383 g/mol. The molecule has 0 aromatic rings. The van der Waals surface area contributed by atoms with Gasteiger partial charge in [0.25, 0.3) is 0 Å². The standard InChI is InChI=1S/C14H19ClO6S2/c1-7(2)19-11(17)10(12(18)20-8(3)4)13-22-6-14(15,23-13)21-9(5)16/h7-8H,6H2,1-5H3. The lowest BCUT2D eigenvalue weighted by molar-refractivity contribution is -0.151. The third kappa shape index (κ3) is 6.27. The van der Waals surface area contributed by atoms with Crippen LogP contribution in [0.15, 0.2) is 9.81 Å². The van der Waals surface area contributed by atoms with E-state index in [1.165, 1.54) is 6.92 Å². The molecule has 1 heterocycles. The van der Waals surface area contributed by atoms with Crippen LogP contribution in [0.1, 0.15) is 34.6 Å². The maximum absolute atomic E-state index is 12.2. The first-order valence-corrected chi connectivity index (χ1v) is 9.08. The van der Waals surface area contributed by atoms with E-state index < -0.39 is 34.5 Å². The minimum atomic E-state index is -1.35. The molecule has 0 aromatic carbocycles. The van der Waals surface area contributed by atoms with E-state index in [0.29, 0.717) is 4.24 Å². The van der Waals surface area contributed by atoms with Crippen molar-refractivity contribution in [2.24, 2.45) is 0 Å². The van der Waals surface area contributed by atoms with Crippen LogP contribution in [0.2, 0.25) is 0 Å². The molecule has 23 heavy (non-hydrogen) atoms. The summed E-state index contributed by atoms with van der Waals surface area (Å²) in [7, 11) is 0. The van der Waals surface area contributed by atoms with Crippen molar-refractivity contribution in [3.63, 3.8) is 0 Å². The number of alkyl halides is 1. The van der Waals surface area contributed by atoms with E-state index in [1.54, 1.807) is 27.7 Å². The molecule has 6 nitrogen and oxygen atoms in total. The molecule has 0 spiro atoms. The third-order valence-corrected chi connectivity index (χ3v) is 5.54. The van der Waals surface area contributed by atoms with Gasteiger partial charge in [-0.05, 0) is 27.7 Å². The van der Waals surface area contributed by atoms with Gasteiger partial charge in [-0.25, -0.2) is 9.59 Å². The molecule has 1 saturated heterocycles. The zero-order valence-electron chi connectivity index (χ0n) is 13.5. The van der Waals surface area contributed by atoms with Gasteiger partial charge in [0.2, 0.25) is 4.39 Å². The van der Waals surface area contributed by atoms with Gasteiger partial charge in [0.1, 0.15) is 0 Å². The lowest BCUT2D eigenvalue weighted by Crippen LogP contribution is -2.25. The molecule has 0 bridgehead atoms. The Morgan fingerprint density at radius 2 is 1.57 bits per heavy atom. The lowest BCUT2D eigenvalue weighted by atomic mass is 10.3. The number of hydrogen-bond donors (Lipinski definition) is 0. The zero-order valence-corrected chi connectivity index (χ0v) is 15.9. The number of carbonyl (C=O) groups excluding carboxylic acids is 3. The zero-order chi connectivity index (χ0) is 17.8. The van der Waals surface area contributed by atoms with E-state index in [4.69, 9.17) is 25.8 Å². The molecule has 1 fully saturated rings. The molecular formula is C14H19ClO6S2. The van der Waals surface area contributed by atoms with Gasteiger partial charge >= 0.3 is 17.9 Å². The van der Waals surface area contributed by atoms with Crippen molar-refractivity contribution in [3.05, 3.63) is 9.81 Å². The van der Waals surface area contributed by atoms with Gasteiger partial charge in [-0.3, -0.25) is 4.79 Å². The van der Waals surface area contributed by atoms with Crippen molar-refractivity contribution in [1.29, 1.82) is 0 Å². The van der Waals surface area contributed by atoms with Crippen molar-refractivity contribution < 1.29 is 28.6 Å². The Morgan fingerprint density at radius 3 is 1.96 bits per heavy atom. The van der Waals surface area contributed by atoms with Gasteiger partial charge in [-0.1, -0.05) is 23.4 Å². The second-order valence-corrected chi connectivity index (χ2v) is 8.57. The van der Waals surface area contributed by atoms with Crippen LogP contribution >= 0.6 is 35.1 Å². The van der Waals surface area contributed by atoms with Crippen LogP contribution in [-0.4, -0.2) is 40.3 Å². The fraction of sp³-hybridized carbons (Fsp3) is 0.643. The van der Waals surface area contributed by atoms with Crippen molar-refractivity contribution in [2.45, 2.75) is 51.2 Å². The maximum atomic E-state index is 12.2. The Kier molecular flexibility index (Phi) is 7.29. The largest absolute Gasteiger partial charge is 0.459 e. The summed E-state index contributed by atoms with van der Waals surface area (Å²) in [5.74, 6) is -1.93. The third-order valence-electron chi connectivity index (χ3n) is 2.21. The molecule has 1 aliphatic rings. The van der Waals surface area contributed by atoms with E-state index in [1.807, 2.05) is 0 Å². The van der Waals surface area contributed by atoms with Crippen molar-refractivity contribution >= 4 is 53.0 Å². The highest BCUT2D eigenvalue weighted by atomic mass is 35.5. The molecule has 0 saturated carbocycles. The molecular weight excluding hydrogens is 364 g/mol. The molecule has 0 N–H and O–H groups in total. The molecule has 1 atom stereocenters. The highest BCUT2D eigenvalue weighted by Gasteiger charge is 2.43. The number of carbonyl (C=O) groups is 3. The Hall–Kier alpha value is -0.860. The predicted molar refractivity (Wildman–Crippen MR) is 89.9 cm³/mol. The predicted octanol–water partition coefficient (Wildman–Crippen LogP) is 3.04. The summed E-state index contributed by atoms with van der Waals surface area (Å²) in [5, 5.41) is 0. The minimum absolute atomic E-state index is 0.196. The molecule has 1 aliphatic heterocycles. The number of rotatable bonds is 5. The minimum Gasteiger partial charge on any atom is -0.459 e. The number of esters is 3. The monoisotopic (exact) mass is 382 g/mol. The van der Waals surface area contributed by atoms with Gasteiger partial charge in [-0.15, -0.1) is 11.8 Å². The molecule has 0 aromatic heterocycles. The Balaban J connectivity index is 3.10. The van der Waals surface area contributed by atoms with Gasteiger partial charge in [0.05, 0.1) is 22.2 Å². The van der Waals surface area contributed by atoms with Gasteiger partial charge in [0.15, 0.2) is 5.57 Å². The number of halogens is 1. The summed E-state index contributed by atoms with van der Waals surface area (Å²) in [6, 6.07) is 0. The van der Waals surface area contributed by atoms with Crippen molar-refractivity contribution in [3.8, 4) is 0 Å². The highest BCUT2D eigenvalue weighted by molar-refractivity contribution is 8.26. The summed E-state index contributed by atoms with van der Waals surface area (Å²) in [5.41, 5.74) is -0.225. The van der Waals surface area contributed by atoms with Crippen molar-refractivity contribution in [1.82, 2.24) is 0 Å². The molecule has 9 heteroatoms. The maximum Gasteiger partial charge on any atom is 0.347 e. The fourth-order valence-corrected chi connectivity index (χ4v) is 4.78. The van der Waals surface area contributed by atoms with Crippen molar-refractivity contribution in [2.75, 3.05) is 5.75 Å². The summed E-state index contributed by atoms with van der Waals surface area (Å²) in [4.78, 5) is 35.6. The SMILES string of the molecule is CC(=O)OC1(Cl)CSC(=C(C(=O)OC(C)C)C(=O)OC(C)C)S1. The van der Waals surface area contributed by atoms with Gasteiger partial charge in [-0.2, -0.15) is 0 Å². The van der Waals surface area contributed by atoms with Crippen LogP contribution in [-0.2, 0) is 28.6 Å². The Bertz CT molecular complexity index is 507. The average Bonchev–Trinajstić information content (AvgIpc) is 2.67. The summed E-state index contributed by atoms with van der Waals surface area (Å²) < 4.78 is 14.2.